The van der Waals surface area contributed by atoms with Crippen molar-refractivity contribution in [2.24, 2.45) is 0 Å². The Balaban J connectivity index is 2.18. The molecular formula is C13H8BrF3N2O. The molecule has 3 nitrogen and oxygen atoms in total. The van der Waals surface area contributed by atoms with Crippen molar-refractivity contribution in [2.75, 3.05) is 5.32 Å². The van der Waals surface area contributed by atoms with E-state index < -0.39 is 17.6 Å². The molecule has 0 radical (unpaired) electrons. The summed E-state index contributed by atoms with van der Waals surface area (Å²) in [5.74, 6) is -0.524. The highest BCUT2D eigenvalue weighted by Gasteiger charge is 2.30. The molecule has 0 saturated carbocycles. The third-order valence-electron chi connectivity index (χ3n) is 2.44. The van der Waals surface area contributed by atoms with Crippen LogP contribution in [0.3, 0.4) is 0 Å². The van der Waals surface area contributed by atoms with Crippen LogP contribution < -0.4 is 5.32 Å². The number of hydrogen-bond acceptors (Lipinski definition) is 2. The van der Waals surface area contributed by atoms with Crippen LogP contribution in [0.15, 0.2) is 47.2 Å². The zero-order chi connectivity index (χ0) is 14.8. The van der Waals surface area contributed by atoms with E-state index in [0.717, 1.165) is 12.1 Å². The van der Waals surface area contributed by atoms with Crippen LogP contribution in [0.2, 0.25) is 0 Å². The van der Waals surface area contributed by atoms with Crippen molar-refractivity contribution in [3.8, 4) is 0 Å². The van der Waals surface area contributed by atoms with E-state index in [-0.39, 0.29) is 11.3 Å². The van der Waals surface area contributed by atoms with Crippen LogP contribution in [0, 0.1) is 0 Å². The van der Waals surface area contributed by atoms with E-state index in [1.54, 1.807) is 6.07 Å². The largest absolute Gasteiger partial charge is 0.416 e. The van der Waals surface area contributed by atoms with Gasteiger partial charge in [0.2, 0.25) is 0 Å². The van der Waals surface area contributed by atoms with Crippen molar-refractivity contribution in [1.29, 1.82) is 0 Å². The van der Waals surface area contributed by atoms with Crippen molar-refractivity contribution in [1.82, 2.24) is 4.98 Å². The normalized spacial score (nSPS) is 11.2. The molecule has 1 heterocycles. The number of carbonyl (C=O) groups excluding carboxylic acids is 1. The molecule has 0 fully saturated rings. The van der Waals surface area contributed by atoms with Crippen molar-refractivity contribution in [2.45, 2.75) is 6.18 Å². The summed E-state index contributed by atoms with van der Waals surface area (Å²) in [5, 5.41) is 2.40. The Morgan fingerprint density at radius 2 is 1.95 bits per heavy atom. The smallest absolute Gasteiger partial charge is 0.322 e. The second-order valence-electron chi connectivity index (χ2n) is 3.90. The molecule has 0 aliphatic heterocycles. The summed E-state index contributed by atoms with van der Waals surface area (Å²) in [6.45, 7) is 0. The summed E-state index contributed by atoms with van der Waals surface area (Å²) in [5.41, 5.74) is -0.484. The van der Waals surface area contributed by atoms with Crippen molar-refractivity contribution >= 4 is 27.5 Å². The molecule has 0 atom stereocenters. The van der Waals surface area contributed by atoms with E-state index in [1.807, 2.05) is 0 Å². The van der Waals surface area contributed by atoms with Gasteiger partial charge in [-0.15, -0.1) is 0 Å². The van der Waals surface area contributed by atoms with Gasteiger partial charge >= 0.3 is 6.18 Å². The van der Waals surface area contributed by atoms with Crippen molar-refractivity contribution in [3.05, 3.63) is 58.3 Å². The lowest BCUT2D eigenvalue weighted by atomic mass is 10.2. The number of nitrogens with one attached hydrogen (secondary N) is 1. The van der Waals surface area contributed by atoms with Crippen LogP contribution >= 0.6 is 15.9 Å². The number of anilines is 1. The second-order valence-corrected chi connectivity index (χ2v) is 4.71. The van der Waals surface area contributed by atoms with Crippen LogP contribution in [0.25, 0.3) is 0 Å². The Labute approximate surface area is 121 Å². The predicted molar refractivity (Wildman–Crippen MR) is 71.3 cm³/mol. The second kappa shape index (κ2) is 5.62. The maximum atomic E-state index is 12.5. The number of halogens is 4. The van der Waals surface area contributed by atoms with Crippen molar-refractivity contribution in [3.63, 3.8) is 0 Å². The lowest BCUT2D eigenvalue weighted by Crippen LogP contribution is -2.13. The molecule has 7 heteroatoms. The molecule has 0 aliphatic rings. The summed E-state index contributed by atoms with van der Waals surface area (Å²) in [4.78, 5) is 15.7. The monoisotopic (exact) mass is 344 g/mol. The first kappa shape index (κ1) is 14.5. The van der Waals surface area contributed by atoms with Gasteiger partial charge < -0.3 is 5.32 Å². The molecule has 20 heavy (non-hydrogen) atoms. The summed E-state index contributed by atoms with van der Waals surface area (Å²) < 4.78 is 38.2. The fraction of sp³-hybridized carbons (Fsp3) is 0.0769. The minimum atomic E-state index is -4.44. The summed E-state index contributed by atoms with van der Waals surface area (Å²) in [7, 11) is 0. The standard InChI is InChI=1S/C13H8BrF3N2O/c14-11-5-4-8(7-18-11)12(20)19-10-3-1-2-9(6-10)13(15,16)17/h1-7H,(H,19,20). The van der Waals surface area contributed by atoms with Gasteiger partial charge in [-0.1, -0.05) is 6.07 Å². The predicted octanol–water partition coefficient (Wildman–Crippen LogP) is 4.12. The van der Waals surface area contributed by atoms with Crippen LogP contribution in [0.5, 0.6) is 0 Å². The minimum absolute atomic E-state index is 0.0766. The third-order valence-corrected chi connectivity index (χ3v) is 2.91. The average molecular weight is 345 g/mol. The minimum Gasteiger partial charge on any atom is -0.322 e. The molecule has 2 aromatic rings. The Morgan fingerprint density at radius 3 is 2.55 bits per heavy atom. The number of amides is 1. The van der Waals surface area contributed by atoms with E-state index >= 15 is 0 Å². The van der Waals surface area contributed by atoms with Gasteiger partial charge in [0.1, 0.15) is 4.60 Å². The van der Waals surface area contributed by atoms with E-state index in [9.17, 15) is 18.0 Å². The maximum Gasteiger partial charge on any atom is 0.416 e. The van der Waals surface area contributed by atoms with Crippen molar-refractivity contribution < 1.29 is 18.0 Å². The fourth-order valence-corrected chi connectivity index (χ4v) is 1.72. The Hall–Kier alpha value is -1.89. The molecule has 104 valence electrons. The SMILES string of the molecule is O=C(Nc1cccc(C(F)(F)F)c1)c1ccc(Br)nc1. The van der Waals surface area contributed by atoms with Crippen LogP contribution in [0.1, 0.15) is 15.9 Å². The summed E-state index contributed by atoms with van der Waals surface area (Å²) >= 11 is 3.12. The average Bonchev–Trinajstić information content (AvgIpc) is 2.38. The Morgan fingerprint density at radius 1 is 1.20 bits per heavy atom. The zero-order valence-electron chi connectivity index (χ0n) is 9.91. The first-order valence-electron chi connectivity index (χ1n) is 5.46. The van der Waals surface area contributed by atoms with E-state index in [0.29, 0.717) is 4.60 Å². The summed E-state index contributed by atoms with van der Waals surface area (Å²) in [6, 6.07) is 7.53. The molecule has 2 rings (SSSR count). The van der Waals surface area contributed by atoms with Gasteiger partial charge in [0.05, 0.1) is 11.1 Å². The van der Waals surface area contributed by atoms with Gasteiger partial charge in [0.25, 0.3) is 5.91 Å². The highest BCUT2D eigenvalue weighted by molar-refractivity contribution is 9.10. The van der Waals surface area contributed by atoms with Gasteiger partial charge in [-0.3, -0.25) is 4.79 Å². The number of nitrogens with zero attached hydrogens (tertiary/aromatic N) is 1. The first-order chi connectivity index (χ1) is 9.36. The topological polar surface area (TPSA) is 42.0 Å². The molecule has 0 spiro atoms. The number of alkyl halides is 3. The number of benzene rings is 1. The Bertz CT molecular complexity index is 626. The fourth-order valence-electron chi connectivity index (χ4n) is 1.49. The van der Waals surface area contributed by atoms with Gasteiger partial charge in [0.15, 0.2) is 0 Å². The quantitative estimate of drug-likeness (QED) is 0.833. The molecule has 1 amide bonds. The van der Waals surface area contributed by atoms with E-state index in [4.69, 9.17) is 0 Å². The highest BCUT2D eigenvalue weighted by Crippen LogP contribution is 2.30. The number of rotatable bonds is 2. The first-order valence-corrected chi connectivity index (χ1v) is 6.26. The maximum absolute atomic E-state index is 12.5. The molecule has 0 bridgehead atoms. The molecule has 1 aromatic heterocycles. The molecular weight excluding hydrogens is 337 g/mol. The Kier molecular flexibility index (Phi) is 4.08. The van der Waals surface area contributed by atoms with Crippen LogP contribution in [-0.2, 0) is 6.18 Å². The summed E-state index contributed by atoms with van der Waals surface area (Å²) in [6.07, 6.45) is -3.12. The number of carbonyl (C=O) groups is 1. The van der Waals surface area contributed by atoms with Gasteiger partial charge in [0, 0.05) is 11.9 Å². The van der Waals surface area contributed by atoms with Crippen LogP contribution in [-0.4, -0.2) is 10.9 Å². The van der Waals surface area contributed by atoms with Gasteiger partial charge in [-0.2, -0.15) is 13.2 Å². The van der Waals surface area contributed by atoms with Gasteiger partial charge in [-0.25, -0.2) is 4.98 Å². The lowest BCUT2D eigenvalue weighted by molar-refractivity contribution is -0.137. The number of hydrogen-bond donors (Lipinski definition) is 1. The molecule has 1 N–H and O–H groups in total. The highest BCUT2D eigenvalue weighted by atomic mass is 79.9. The molecule has 1 aromatic carbocycles. The van der Waals surface area contributed by atoms with E-state index in [2.05, 4.69) is 26.2 Å². The molecule has 0 saturated heterocycles. The third kappa shape index (κ3) is 3.57. The lowest BCUT2D eigenvalue weighted by Gasteiger charge is -2.09. The molecule has 0 unspecified atom stereocenters. The van der Waals surface area contributed by atoms with E-state index in [1.165, 1.54) is 24.4 Å². The van der Waals surface area contributed by atoms with Gasteiger partial charge in [-0.05, 0) is 46.3 Å². The molecule has 0 aliphatic carbocycles. The number of pyridine rings is 1. The number of aromatic nitrogens is 1. The van der Waals surface area contributed by atoms with Crippen LogP contribution in [0.4, 0.5) is 18.9 Å². The zero-order valence-corrected chi connectivity index (χ0v) is 11.5.